The Bertz CT molecular complexity index is 139. The summed E-state index contributed by atoms with van der Waals surface area (Å²) in [6.07, 6.45) is 0. The molecule has 0 rings (SSSR count). The Kier molecular flexibility index (Phi) is 4.26. The molecule has 10 heavy (non-hydrogen) atoms. The fraction of sp³-hybridized carbons (Fsp3) is 1.00. The van der Waals surface area contributed by atoms with Gasteiger partial charge in [0.05, 0.1) is 0 Å². The lowest BCUT2D eigenvalue weighted by Gasteiger charge is -2.23. The minimum atomic E-state index is -2.30. The lowest BCUT2D eigenvalue weighted by atomic mass is 10.4. The van der Waals surface area contributed by atoms with Gasteiger partial charge < -0.3 is 9.11 Å². The first-order chi connectivity index (χ1) is 4.46. The molecular weight excluding hydrogens is 176 g/mol. The maximum atomic E-state index is 10.2. The van der Waals surface area contributed by atoms with Crippen LogP contribution in [0.5, 0.6) is 0 Å². The van der Waals surface area contributed by atoms with E-state index in [1.165, 1.54) is 13.8 Å². The van der Waals surface area contributed by atoms with Crippen molar-refractivity contribution in [3.63, 3.8) is 0 Å². The van der Waals surface area contributed by atoms with Crippen LogP contribution in [0.3, 0.4) is 0 Å². The molecule has 62 valence electrons. The first-order valence-corrected chi connectivity index (χ1v) is 4.90. The molecule has 0 radical (unpaired) electrons. The summed E-state index contributed by atoms with van der Waals surface area (Å²) in [4.78, 5) is 0. The zero-order chi connectivity index (χ0) is 8.31. The van der Waals surface area contributed by atoms with Gasteiger partial charge in [-0.05, 0) is 0 Å². The van der Waals surface area contributed by atoms with E-state index in [0.717, 1.165) is 0 Å². The van der Waals surface area contributed by atoms with E-state index in [2.05, 4.69) is 0 Å². The molecule has 0 N–H and O–H groups in total. The van der Waals surface area contributed by atoms with Gasteiger partial charge in [-0.2, -0.15) is 0 Å². The van der Waals surface area contributed by atoms with Gasteiger partial charge in [-0.25, -0.2) is 0 Å². The molecule has 0 saturated heterocycles. The minimum absolute atomic E-state index is 0.835. The third-order valence-corrected chi connectivity index (χ3v) is 3.47. The molecule has 4 unspecified atom stereocenters. The molecule has 0 saturated carbocycles. The van der Waals surface area contributed by atoms with Gasteiger partial charge in [0.2, 0.25) is 0 Å². The zero-order valence-electron chi connectivity index (χ0n) is 5.60. The monoisotopic (exact) mass is 184 g/mol. The lowest BCUT2D eigenvalue weighted by Crippen LogP contribution is -2.28. The van der Waals surface area contributed by atoms with Gasteiger partial charge in [-0.15, -0.1) is 0 Å². The second kappa shape index (κ2) is 4.17. The van der Waals surface area contributed by atoms with Gasteiger partial charge in [0.1, 0.15) is 0 Å². The van der Waals surface area contributed by atoms with E-state index >= 15 is 0 Å². The van der Waals surface area contributed by atoms with Crippen molar-refractivity contribution in [2.45, 2.75) is 24.3 Å². The van der Waals surface area contributed by atoms with Crippen LogP contribution in [0.1, 0.15) is 13.8 Å². The molecule has 4 atom stereocenters. The SMILES string of the molecule is CC(C(C)S(=O)[O-])S(=O)[O-]. The lowest BCUT2D eigenvalue weighted by molar-refractivity contribution is 0.504. The van der Waals surface area contributed by atoms with Gasteiger partial charge in [0.15, 0.2) is 0 Å². The van der Waals surface area contributed by atoms with Crippen molar-refractivity contribution in [2.75, 3.05) is 0 Å². The maximum absolute atomic E-state index is 10.2. The maximum Gasteiger partial charge on any atom is 0.0317 e. The standard InChI is InChI=1S/C4H10O4S2/c1-3(9(5)6)4(2)10(7)8/h3-4H,1-2H3,(H,5,6)(H,7,8)/p-2. The fourth-order valence-corrected chi connectivity index (χ4v) is 1.48. The summed E-state index contributed by atoms with van der Waals surface area (Å²) in [7, 11) is 0. The Labute approximate surface area is 64.6 Å². The number of hydrogen-bond acceptors (Lipinski definition) is 4. The smallest absolute Gasteiger partial charge is 0.0317 e. The van der Waals surface area contributed by atoms with Gasteiger partial charge in [0, 0.05) is 10.5 Å². The zero-order valence-corrected chi connectivity index (χ0v) is 7.24. The summed E-state index contributed by atoms with van der Waals surface area (Å²) in [6, 6.07) is 0. The third-order valence-electron chi connectivity index (χ3n) is 1.27. The van der Waals surface area contributed by atoms with E-state index in [-0.39, 0.29) is 0 Å². The molecule has 0 aliphatic rings. The van der Waals surface area contributed by atoms with E-state index in [1.54, 1.807) is 0 Å². The predicted octanol–water partition coefficient (Wildman–Crippen LogP) is -0.478. The third kappa shape index (κ3) is 2.87. The topological polar surface area (TPSA) is 80.3 Å². The van der Waals surface area contributed by atoms with Gasteiger partial charge in [-0.3, -0.25) is 8.42 Å². The highest BCUT2D eigenvalue weighted by Gasteiger charge is 2.12. The quantitative estimate of drug-likeness (QED) is 0.555. The summed E-state index contributed by atoms with van der Waals surface area (Å²) < 4.78 is 40.7. The molecular formula is C4H8O4S2-2. The fourth-order valence-electron chi connectivity index (χ4n) is 0.313. The van der Waals surface area contributed by atoms with Crippen LogP contribution >= 0.6 is 0 Å². The summed E-state index contributed by atoms with van der Waals surface area (Å²) in [5.41, 5.74) is 0. The first kappa shape index (κ1) is 10.2. The normalized spacial score (nSPS) is 23.2. The molecule has 0 amide bonds. The van der Waals surface area contributed by atoms with Crippen molar-refractivity contribution >= 4 is 22.2 Å². The second-order valence-electron chi connectivity index (χ2n) is 1.93. The van der Waals surface area contributed by atoms with Crippen molar-refractivity contribution in [3.05, 3.63) is 0 Å². The van der Waals surface area contributed by atoms with Crippen LogP contribution in [-0.2, 0) is 22.2 Å². The van der Waals surface area contributed by atoms with E-state index in [4.69, 9.17) is 0 Å². The first-order valence-electron chi connectivity index (χ1n) is 2.63. The summed E-state index contributed by atoms with van der Waals surface area (Å²) >= 11 is -4.61. The highest BCUT2D eigenvalue weighted by atomic mass is 32.2. The van der Waals surface area contributed by atoms with Crippen LogP contribution in [0.25, 0.3) is 0 Å². The largest absolute Gasteiger partial charge is 0.772 e. The predicted molar refractivity (Wildman–Crippen MR) is 36.8 cm³/mol. The molecule has 4 nitrogen and oxygen atoms in total. The molecule has 0 aromatic heterocycles. The van der Waals surface area contributed by atoms with Gasteiger partial charge in [-0.1, -0.05) is 36.0 Å². The molecule has 0 aromatic rings. The Morgan fingerprint density at radius 1 is 1.00 bits per heavy atom. The Hall–Kier alpha value is 0.220. The van der Waals surface area contributed by atoms with E-state index in [1.807, 2.05) is 0 Å². The van der Waals surface area contributed by atoms with Crippen LogP contribution in [0.4, 0.5) is 0 Å². The van der Waals surface area contributed by atoms with E-state index in [0.29, 0.717) is 0 Å². The minimum Gasteiger partial charge on any atom is -0.772 e. The van der Waals surface area contributed by atoms with E-state index < -0.39 is 32.7 Å². The Balaban J connectivity index is 4.07. The number of rotatable bonds is 3. The van der Waals surface area contributed by atoms with Crippen LogP contribution < -0.4 is 0 Å². The second-order valence-corrected chi connectivity index (χ2v) is 4.46. The molecule has 0 bridgehead atoms. The van der Waals surface area contributed by atoms with Gasteiger partial charge >= 0.3 is 0 Å². The Morgan fingerprint density at radius 2 is 1.20 bits per heavy atom. The van der Waals surface area contributed by atoms with Crippen LogP contribution in [0.2, 0.25) is 0 Å². The van der Waals surface area contributed by atoms with Crippen LogP contribution in [0, 0.1) is 0 Å². The molecule has 0 aromatic carbocycles. The van der Waals surface area contributed by atoms with Crippen LogP contribution in [-0.4, -0.2) is 28.0 Å². The summed E-state index contributed by atoms with van der Waals surface area (Å²) in [5, 5.41) is -1.67. The van der Waals surface area contributed by atoms with Crippen molar-refractivity contribution in [1.29, 1.82) is 0 Å². The van der Waals surface area contributed by atoms with Crippen molar-refractivity contribution in [2.24, 2.45) is 0 Å². The van der Waals surface area contributed by atoms with Gasteiger partial charge in [0.25, 0.3) is 0 Å². The molecule has 0 fully saturated rings. The van der Waals surface area contributed by atoms with Crippen molar-refractivity contribution in [1.82, 2.24) is 0 Å². The molecule has 0 heterocycles. The summed E-state index contributed by atoms with van der Waals surface area (Å²) in [5.74, 6) is 0. The Morgan fingerprint density at radius 3 is 1.30 bits per heavy atom. The average Bonchev–Trinajstić information content (AvgIpc) is 1.84. The highest BCUT2D eigenvalue weighted by molar-refractivity contribution is 7.84. The van der Waals surface area contributed by atoms with Crippen molar-refractivity contribution in [3.8, 4) is 0 Å². The molecule has 0 aliphatic carbocycles. The van der Waals surface area contributed by atoms with Crippen molar-refractivity contribution < 1.29 is 17.5 Å². The molecule has 0 spiro atoms. The number of hydrogen-bond donors (Lipinski definition) is 0. The average molecular weight is 184 g/mol. The highest BCUT2D eigenvalue weighted by Crippen LogP contribution is 2.04. The van der Waals surface area contributed by atoms with E-state index in [9.17, 15) is 17.5 Å². The summed E-state index contributed by atoms with van der Waals surface area (Å²) in [6.45, 7) is 2.70. The van der Waals surface area contributed by atoms with Crippen LogP contribution in [0.15, 0.2) is 0 Å². The molecule has 6 heteroatoms. The molecule has 0 aliphatic heterocycles.